The highest BCUT2D eigenvalue weighted by molar-refractivity contribution is 9.10. The first-order valence-electron chi connectivity index (χ1n) is 6.35. The molecular weight excluding hydrogens is 280 g/mol. The van der Waals surface area contributed by atoms with Gasteiger partial charge in [0.1, 0.15) is 16.5 Å². The first-order chi connectivity index (χ1) is 8.17. The van der Waals surface area contributed by atoms with Gasteiger partial charge in [-0.25, -0.2) is 4.98 Å². The normalized spacial score (nSPS) is 24.6. The van der Waals surface area contributed by atoms with Crippen molar-refractivity contribution in [2.24, 2.45) is 5.92 Å². The van der Waals surface area contributed by atoms with Crippen molar-refractivity contribution in [3.8, 4) is 5.88 Å². The van der Waals surface area contributed by atoms with Gasteiger partial charge in [-0.1, -0.05) is 19.8 Å². The van der Waals surface area contributed by atoms with Crippen LogP contribution in [0.2, 0.25) is 0 Å². The number of aromatic nitrogens is 2. The van der Waals surface area contributed by atoms with Crippen molar-refractivity contribution in [2.45, 2.75) is 52.1 Å². The molecule has 1 aliphatic carbocycles. The molecule has 0 aliphatic heterocycles. The van der Waals surface area contributed by atoms with Crippen molar-refractivity contribution in [3.63, 3.8) is 0 Å². The average Bonchev–Trinajstić information content (AvgIpc) is 2.28. The Balaban J connectivity index is 2.00. The van der Waals surface area contributed by atoms with Gasteiger partial charge >= 0.3 is 0 Å². The van der Waals surface area contributed by atoms with Crippen molar-refractivity contribution < 1.29 is 4.74 Å². The molecule has 3 nitrogen and oxygen atoms in total. The number of hydrogen-bond acceptors (Lipinski definition) is 3. The lowest BCUT2D eigenvalue weighted by Gasteiger charge is -2.28. The summed E-state index contributed by atoms with van der Waals surface area (Å²) in [6.45, 7) is 4.14. The standard InChI is InChI=1S/C13H19BrN2O/c1-3-10-5-4-6-11(7-10)17-13-8-12(14)15-9(2)16-13/h8,10-11H,3-7H2,1-2H3. The summed E-state index contributed by atoms with van der Waals surface area (Å²) in [6.07, 6.45) is 6.52. The Bertz CT molecular complexity index is 363. The second-order valence-electron chi connectivity index (χ2n) is 4.76. The SMILES string of the molecule is CCC1CCCC(Oc2cc(Br)nc(C)n2)C1. The number of hydrogen-bond donors (Lipinski definition) is 0. The fourth-order valence-electron chi connectivity index (χ4n) is 2.46. The predicted octanol–water partition coefficient (Wildman–Crippen LogP) is 3.90. The predicted molar refractivity (Wildman–Crippen MR) is 71.1 cm³/mol. The minimum atomic E-state index is 0.329. The van der Waals surface area contributed by atoms with Crippen LogP contribution in [-0.4, -0.2) is 16.1 Å². The van der Waals surface area contributed by atoms with E-state index in [2.05, 4.69) is 32.8 Å². The van der Waals surface area contributed by atoms with Gasteiger partial charge in [0.25, 0.3) is 0 Å². The summed E-state index contributed by atoms with van der Waals surface area (Å²) in [5.41, 5.74) is 0. The molecule has 0 N–H and O–H groups in total. The zero-order valence-electron chi connectivity index (χ0n) is 10.4. The average molecular weight is 299 g/mol. The summed E-state index contributed by atoms with van der Waals surface area (Å²) in [5, 5.41) is 0. The molecule has 0 saturated heterocycles. The first-order valence-corrected chi connectivity index (χ1v) is 7.14. The lowest BCUT2D eigenvalue weighted by Crippen LogP contribution is -2.25. The first kappa shape index (κ1) is 12.8. The topological polar surface area (TPSA) is 35.0 Å². The fraction of sp³-hybridized carbons (Fsp3) is 0.692. The molecule has 2 unspecified atom stereocenters. The van der Waals surface area contributed by atoms with Crippen molar-refractivity contribution in [1.29, 1.82) is 0 Å². The Morgan fingerprint density at radius 3 is 2.94 bits per heavy atom. The van der Waals surface area contributed by atoms with E-state index in [1.165, 1.54) is 19.3 Å². The van der Waals surface area contributed by atoms with Crippen LogP contribution in [0.1, 0.15) is 44.9 Å². The van der Waals surface area contributed by atoms with Gasteiger partial charge in [0, 0.05) is 6.07 Å². The van der Waals surface area contributed by atoms with E-state index in [4.69, 9.17) is 4.74 Å². The molecule has 2 rings (SSSR count). The van der Waals surface area contributed by atoms with E-state index < -0.39 is 0 Å². The van der Waals surface area contributed by atoms with Gasteiger partial charge in [-0.05, 0) is 48.0 Å². The summed E-state index contributed by atoms with van der Waals surface area (Å²) in [5.74, 6) is 2.27. The third-order valence-corrected chi connectivity index (χ3v) is 3.79. The second-order valence-corrected chi connectivity index (χ2v) is 5.57. The van der Waals surface area contributed by atoms with Crippen LogP contribution in [0.15, 0.2) is 10.7 Å². The van der Waals surface area contributed by atoms with Gasteiger partial charge in [0.15, 0.2) is 0 Å². The van der Waals surface area contributed by atoms with Crippen LogP contribution in [0.25, 0.3) is 0 Å². The van der Waals surface area contributed by atoms with Crippen LogP contribution in [0.5, 0.6) is 5.88 Å². The minimum Gasteiger partial charge on any atom is -0.474 e. The smallest absolute Gasteiger partial charge is 0.217 e. The van der Waals surface area contributed by atoms with Crippen LogP contribution in [-0.2, 0) is 0 Å². The Morgan fingerprint density at radius 1 is 1.41 bits per heavy atom. The molecule has 1 heterocycles. The van der Waals surface area contributed by atoms with Gasteiger partial charge in [0.05, 0.1) is 0 Å². The molecule has 0 aromatic carbocycles. The molecule has 4 heteroatoms. The molecule has 2 atom stereocenters. The molecule has 1 aliphatic rings. The third-order valence-electron chi connectivity index (χ3n) is 3.38. The largest absolute Gasteiger partial charge is 0.474 e. The molecule has 0 bridgehead atoms. The quantitative estimate of drug-likeness (QED) is 0.794. The van der Waals surface area contributed by atoms with Crippen LogP contribution < -0.4 is 4.74 Å². The number of rotatable bonds is 3. The number of aryl methyl sites for hydroxylation is 1. The lowest BCUT2D eigenvalue weighted by atomic mass is 9.85. The Hall–Kier alpha value is -0.640. The van der Waals surface area contributed by atoms with Crippen molar-refractivity contribution in [2.75, 3.05) is 0 Å². The monoisotopic (exact) mass is 298 g/mol. The number of halogens is 1. The van der Waals surface area contributed by atoms with Crippen molar-refractivity contribution >= 4 is 15.9 Å². The molecule has 0 radical (unpaired) electrons. The Labute approximate surface area is 111 Å². The third kappa shape index (κ3) is 3.66. The van der Waals surface area contributed by atoms with Crippen LogP contribution in [0.3, 0.4) is 0 Å². The van der Waals surface area contributed by atoms with Crippen molar-refractivity contribution in [1.82, 2.24) is 9.97 Å². The van der Waals surface area contributed by atoms with E-state index >= 15 is 0 Å². The highest BCUT2D eigenvalue weighted by Crippen LogP contribution is 2.29. The zero-order chi connectivity index (χ0) is 12.3. The van der Waals surface area contributed by atoms with E-state index in [-0.39, 0.29) is 0 Å². The molecule has 0 spiro atoms. The minimum absolute atomic E-state index is 0.329. The van der Waals surface area contributed by atoms with Gasteiger partial charge < -0.3 is 4.74 Å². The fourth-order valence-corrected chi connectivity index (χ4v) is 2.91. The Morgan fingerprint density at radius 2 is 2.24 bits per heavy atom. The molecule has 1 aromatic rings. The summed E-state index contributed by atoms with van der Waals surface area (Å²) in [6, 6.07) is 1.85. The summed E-state index contributed by atoms with van der Waals surface area (Å²) >= 11 is 3.37. The van der Waals surface area contributed by atoms with E-state index in [0.29, 0.717) is 12.0 Å². The van der Waals surface area contributed by atoms with Gasteiger partial charge in [-0.15, -0.1) is 0 Å². The van der Waals surface area contributed by atoms with E-state index in [1.807, 2.05) is 13.0 Å². The molecule has 1 aromatic heterocycles. The maximum absolute atomic E-state index is 5.97. The molecule has 0 amide bonds. The van der Waals surface area contributed by atoms with Crippen LogP contribution >= 0.6 is 15.9 Å². The van der Waals surface area contributed by atoms with Crippen molar-refractivity contribution in [3.05, 3.63) is 16.5 Å². The molecule has 1 saturated carbocycles. The van der Waals surface area contributed by atoms with Gasteiger partial charge in [0.2, 0.25) is 5.88 Å². The Kier molecular flexibility index (Phi) is 4.37. The molecule has 17 heavy (non-hydrogen) atoms. The maximum Gasteiger partial charge on any atom is 0.217 e. The van der Waals surface area contributed by atoms with Gasteiger partial charge in [-0.3, -0.25) is 0 Å². The summed E-state index contributed by atoms with van der Waals surface area (Å²) in [7, 11) is 0. The molecular formula is C13H19BrN2O. The highest BCUT2D eigenvalue weighted by atomic mass is 79.9. The van der Waals surface area contributed by atoms with Crippen LogP contribution in [0, 0.1) is 12.8 Å². The van der Waals surface area contributed by atoms with E-state index in [0.717, 1.165) is 29.2 Å². The molecule has 1 fully saturated rings. The number of nitrogens with zero attached hydrogens (tertiary/aromatic N) is 2. The van der Waals surface area contributed by atoms with E-state index in [1.54, 1.807) is 0 Å². The highest BCUT2D eigenvalue weighted by Gasteiger charge is 2.22. The number of ether oxygens (including phenoxy) is 1. The summed E-state index contributed by atoms with van der Waals surface area (Å²) < 4.78 is 6.76. The van der Waals surface area contributed by atoms with Crippen LogP contribution in [0.4, 0.5) is 0 Å². The lowest BCUT2D eigenvalue weighted by molar-refractivity contribution is 0.116. The second kappa shape index (κ2) is 5.80. The molecule has 94 valence electrons. The van der Waals surface area contributed by atoms with Gasteiger partial charge in [-0.2, -0.15) is 4.98 Å². The zero-order valence-corrected chi connectivity index (χ0v) is 12.0. The maximum atomic E-state index is 5.97. The summed E-state index contributed by atoms with van der Waals surface area (Å²) in [4.78, 5) is 8.50. The van der Waals surface area contributed by atoms with E-state index in [9.17, 15) is 0 Å².